The van der Waals surface area contributed by atoms with Gasteiger partial charge in [0.15, 0.2) is 5.78 Å². The normalized spacial score (nSPS) is 11.2. The van der Waals surface area contributed by atoms with Crippen LogP contribution in [0.1, 0.15) is 21.5 Å². The summed E-state index contributed by atoms with van der Waals surface area (Å²) in [5, 5.41) is 9.03. The molecular weight excluding hydrogens is 380 g/mol. The maximum absolute atomic E-state index is 12.8. The molecule has 3 heterocycles. The third-order valence-corrected chi connectivity index (χ3v) is 5.74. The fraction of sp³-hybridized carbons (Fsp3) is 0.167. The number of aromatic nitrogens is 5. The van der Waals surface area contributed by atoms with Crippen molar-refractivity contribution in [2.75, 3.05) is 5.84 Å². The lowest BCUT2D eigenvalue weighted by atomic mass is 10.1. The van der Waals surface area contributed by atoms with Gasteiger partial charge in [-0.15, -0.1) is 4.80 Å². The number of hydrogen-bond donors (Lipinski definition) is 1. The number of nitrogen functional groups attached to an aromatic ring is 1. The fourth-order valence-electron chi connectivity index (χ4n) is 3.06. The first-order valence-corrected chi connectivity index (χ1v) is 9.20. The minimum Gasteiger partial charge on any atom is -0.332 e. The van der Waals surface area contributed by atoms with Crippen molar-refractivity contribution >= 4 is 27.3 Å². The Kier molecular flexibility index (Phi) is 4.19. The summed E-state index contributed by atoms with van der Waals surface area (Å²) < 4.78 is 1.76. The standard InChI is InChI=1S/C18H16N6O3S/c1-10-4-3-5-12(8-10)13(25)9-22-17-14(15(26)23(19)18(22)27)11(2)16(28-17)24-20-6-7-21-24/h3-8H,9,19H2,1-2H3. The Hall–Kier alpha value is -3.53. The van der Waals surface area contributed by atoms with Crippen molar-refractivity contribution in [2.45, 2.75) is 20.4 Å². The smallest absolute Gasteiger partial charge is 0.332 e. The first-order chi connectivity index (χ1) is 13.4. The number of rotatable bonds is 4. The minimum atomic E-state index is -0.750. The summed E-state index contributed by atoms with van der Waals surface area (Å²) in [6, 6.07) is 7.10. The van der Waals surface area contributed by atoms with Gasteiger partial charge in [0.1, 0.15) is 9.83 Å². The lowest BCUT2D eigenvalue weighted by Gasteiger charge is -2.09. The molecule has 0 amide bonds. The van der Waals surface area contributed by atoms with Gasteiger partial charge >= 0.3 is 5.69 Å². The first-order valence-electron chi connectivity index (χ1n) is 8.39. The van der Waals surface area contributed by atoms with Gasteiger partial charge in [0, 0.05) is 11.1 Å². The number of ketones is 1. The number of fused-ring (bicyclic) bond motifs is 1. The SMILES string of the molecule is Cc1cccc(C(=O)Cn2c(=O)n(N)c(=O)c3c(C)c(-n4nccn4)sc32)c1. The van der Waals surface area contributed by atoms with E-state index in [1.54, 1.807) is 25.1 Å². The summed E-state index contributed by atoms with van der Waals surface area (Å²) >= 11 is 1.17. The molecule has 0 aliphatic rings. The number of Topliss-reactive ketones (excluding diaryl/α,β-unsaturated/α-hetero) is 1. The second-order valence-corrected chi connectivity index (χ2v) is 7.34. The highest BCUT2D eigenvalue weighted by molar-refractivity contribution is 7.21. The molecule has 2 N–H and O–H groups in total. The average Bonchev–Trinajstić information content (AvgIpc) is 3.31. The van der Waals surface area contributed by atoms with E-state index in [1.807, 2.05) is 13.0 Å². The second-order valence-electron chi connectivity index (χ2n) is 6.37. The largest absolute Gasteiger partial charge is 0.351 e. The van der Waals surface area contributed by atoms with Gasteiger partial charge in [-0.3, -0.25) is 14.2 Å². The van der Waals surface area contributed by atoms with Gasteiger partial charge in [-0.1, -0.05) is 35.1 Å². The Bertz CT molecular complexity index is 1330. The number of benzene rings is 1. The van der Waals surface area contributed by atoms with Gasteiger partial charge in [-0.2, -0.15) is 14.9 Å². The van der Waals surface area contributed by atoms with Crippen LogP contribution in [0, 0.1) is 13.8 Å². The zero-order valence-electron chi connectivity index (χ0n) is 15.1. The van der Waals surface area contributed by atoms with E-state index >= 15 is 0 Å². The van der Waals surface area contributed by atoms with E-state index in [0.717, 1.165) is 5.56 Å². The lowest BCUT2D eigenvalue weighted by molar-refractivity contribution is 0.0971. The van der Waals surface area contributed by atoms with Crippen molar-refractivity contribution < 1.29 is 4.79 Å². The summed E-state index contributed by atoms with van der Waals surface area (Å²) in [7, 11) is 0. The van der Waals surface area contributed by atoms with Crippen LogP contribution in [0.3, 0.4) is 0 Å². The molecule has 0 fully saturated rings. The number of carbonyl (C=O) groups excluding carboxylic acids is 1. The number of hydrogen-bond acceptors (Lipinski definition) is 7. The highest BCUT2D eigenvalue weighted by atomic mass is 32.1. The van der Waals surface area contributed by atoms with Crippen molar-refractivity contribution in [3.05, 3.63) is 74.2 Å². The van der Waals surface area contributed by atoms with Gasteiger partial charge < -0.3 is 5.84 Å². The molecule has 0 aliphatic heterocycles. The lowest BCUT2D eigenvalue weighted by Crippen LogP contribution is -2.45. The van der Waals surface area contributed by atoms with Crippen LogP contribution < -0.4 is 17.1 Å². The van der Waals surface area contributed by atoms with E-state index in [9.17, 15) is 14.4 Å². The molecule has 0 spiro atoms. The summed E-state index contributed by atoms with van der Waals surface area (Å²) in [5.74, 6) is 5.46. The molecule has 142 valence electrons. The Balaban J connectivity index is 1.93. The molecule has 28 heavy (non-hydrogen) atoms. The summed E-state index contributed by atoms with van der Waals surface area (Å²) in [6.07, 6.45) is 3.03. The van der Waals surface area contributed by atoms with Crippen LogP contribution in [0.2, 0.25) is 0 Å². The van der Waals surface area contributed by atoms with Crippen molar-refractivity contribution in [3.63, 3.8) is 0 Å². The highest BCUT2D eigenvalue weighted by Gasteiger charge is 2.22. The number of nitrogens with two attached hydrogens (primary N) is 1. The highest BCUT2D eigenvalue weighted by Crippen LogP contribution is 2.30. The second kappa shape index (κ2) is 6.57. The van der Waals surface area contributed by atoms with Crippen LogP contribution in [0.4, 0.5) is 0 Å². The van der Waals surface area contributed by atoms with Gasteiger partial charge in [0.2, 0.25) is 0 Å². The molecule has 1 aromatic carbocycles. The average molecular weight is 396 g/mol. The van der Waals surface area contributed by atoms with E-state index in [0.29, 0.717) is 25.6 Å². The Morgan fingerprint density at radius 3 is 2.57 bits per heavy atom. The number of aryl methyl sites for hydroxylation is 2. The minimum absolute atomic E-state index is 0.234. The number of nitrogens with zero attached hydrogens (tertiary/aromatic N) is 5. The maximum atomic E-state index is 12.8. The number of thiophene rings is 1. The molecule has 4 rings (SSSR count). The predicted octanol–water partition coefficient (Wildman–Crippen LogP) is 1.02. The molecule has 0 unspecified atom stereocenters. The zero-order valence-corrected chi connectivity index (χ0v) is 15.9. The molecular formula is C18H16N6O3S. The van der Waals surface area contributed by atoms with E-state index in [2.05, 4.69) is 10.2 Å². The van der Waals surface area contributed by atoms with Crippen molar-refractivity contribution in [1.29, 1.82) is 0 Å². The summed E-state index contributed by atoms with van der Waals surface area (Å²) in [5.41, 5.74) is 0.645. The molecule has 10 heteroatoms. The van der Waals surface area contributed by atoms with Crippen LogP contribution in [0.15, 0.2) is 46.2 Å². The molecule has 3 aromatic heterocycles. The molecule has 0 radical (unpaired) electrons. The molecule has 0 saturated carbocycles. The third kappa shape index (κ3) is 2.74. The Labute approximate surface area is 162 Å². The van der Waals surface area contributed by atoms with Gasteiger partial charge in [-0.05, 0) is 19.9 Å². The van der Waals surface area contributed by atoms with E-state index in [-0.39, 0.29) is 17.7 Å². The van der Waals surface area contributed by atoms with E-state index in [1.165, 1.54) is 33.1 Å². The Morgan fingerprint density at radius 1 is 1.18 bits per heavy atom. The predicted molar refractivity (Wildman–Crippen MR) is 106 cm³/mol. The molecule has 0 saturated heterocycles. The molecule has 9 nitrogen and oxygen atoms in total. The molecule has 0 atom stereocenters. The number of carbonyl (C=O) groups is 1. The van der Waals surface area contributed by atoms with E-state index < -0.39 is 11.2 Å². The van der Waals surface area contributed by atoms with Crippen LogP contribution in [0.5, 0.6) is 0 Å². The van der Waals surface area contributed by atoms with Crippen molar-refractivity contribution in [3.8, 4) is 5.00 Å². The summed E-state index contributed by atoms with van der Waals surface area (Å²) in [6.45, 7) is 3.38. The van der Waals surface area contributed by atoms with Gasteiger partial charge in [0.25, 0.3) is 5.56 Å². The molecule has 4 aromatic rings. The molecule has 0 aliphatic carbocycles. The van der Waals surface area contributed by atoms with Gasteiger partial charge in [0.05, 0.1) is 24.3 Å². The topological polar surface area (TPSA) is 118 Å². The van der Waals surface area contributed by atoms with Gasteiger partial charge in [-0.25, -0.2) is 4.79 Å². The van der Waals surface area contributed by atoms with Crippen LogP contribution >= 0.6 is 11.3 Å². The van der Waals surface area contributed by atoms with Crippen LogP contribution in [-0.4, -0.2) is 30.0 Å². The summed E-state index contributed by atoms with van der Waals surface area (Å²) in [4.78, 5) is 39.8. The van der Waals surface area contributed by atoms with Crippen molar-refractivity contribution in [2.24, 2.45) is 0 Å². The quantitative estimate of drug-likeness (QED) is 0.406. The van der Waals surface area contributed by atoms with E-state index in [4.69, 9.17) is 5.84 Å². The fourth-order valence-corrected chi connectivity index (χ4v) is 4.27. The monoisotopic (exact) mass is 396 g/mol. The Morgan fingerprint density at radius 2 is 1.89 bits per heavy atom. The zero-order chi connectivity index (χ0) is 20.0. The van der Waals surface area contributed by atoms with Crippen LogP contribution in [-0.2, 0) is 6.54 Å². The first kappa shape index (κ1) is 17.9. The van der Waals surface area contributed by atoms with Crippen molar-refractivity contribution in [1.82, 2.24) is 24.2 Å². The third-order valence-electron chi connectivity index (χ3n) is 4.46. The van der Waals surface area contributed by atoms with Crippen LogP contribution in [0.25, 0.3) is 15.2 Å². The molecule has 0 bridgehead atoms. The maximum Gasteiger partial charge on any atom is 0.351 e.